The number of rotatable bonds is 1. The first-order valence-electron chi connectivity index (χ1n) is 7.63. The molecule has 1 atom stereocenters. The largest absolute Gasteiger partial charge is 0.444 e. The maximum atomic E-state index is 12.4. The normalized spacial score (nSPS) is 23.2. The minimum atomic E-state index is -3.21. The summed E-state index contributed by atoms with van der Waals surface area (Å²) in [6, 6.07) is -0.0712. The van der Waals surface area contributed by atoms with E-state index in [0.717, 1.165) is 5.69 Å². The minimum Gasteiger partial charge on any atom is -0.444 e. The third kappa shape index (κ3) is 2.89. The van der Waals surface area contributed by atoms with Crippen LogP contribution in [0.5, 0.6) is 0 Å². The predicted octanol–water partition coefficient (Wildman–Crippen LogP) is 1.17. The number of aromatic nitrogens is 2. The van der Waals surface area contributed by atoms with Crippen LogP contribution in [0.1, 0.15) is 33.4 Å². The van der Waals surface area contributed by atoms with Crippen LogP contribution < -0.4 is 4.31 Å². The van der Waals surface area contributed by atoms with Gasteiger partial charge >= 0.3 is 6.09 Å². The Balaban J connectivity index is 1.86. The highest BCUT2D eigenvalue weighted by atomic mass is 32.2. The van der Waals surface area contributed by atoms with Gasteiger partial charge in [-0.3, -0.25) is 13.9 Å². The van der Waals surface area contributed by atoms with Crippen LogP contribution in [0.25, 0.3) is 0 Å². The average molecular weight is 342 g/mol. The van der Waals surface area contributed by atoms with E-state index in [1.807, 2.05) is 27.7 Å². The van der Waals surface area contributed by atoms with Crippen molar-refractivity contribution in [2.75, 3.05) is 16.6 Å². The number of hydrogen-bond acceptors (Lipinski definition) is 5. The van der Waals surface area contributed by atoms with E-state index in [4.69, 9.17) is 4.74 Å². The van der Waals surface area contributed by atoms with E-state index in [0.29, 0.717) is 18.8 Å². The van der Waals surface area contributed by atoms with Gasteiger partial charge in [-0.25, -0.2) is 13.2 Å². The molecule has 8 nitrogen and oxygen atoms in total. The topological polar surface area (TPSA) is 84.7 Å². The SMILES string of the molecule is C[C@H]1Cn2ncc(N3CCS3(=O)=O)c2CN1C(=O)OC(C)(C)C. The van der Waals surface area contributed by atoms with Crippen LogP contribution in [0.3, 0.4) is 0 Å². The van der Waals surface area contributed by atoms with Crippen molar-refractivity contribution in [2.24, 2.45) is 0 Å². The lowest BCUT2D eigenvalue weighted by Crippen LogP contribution is -2.50. The van der Waals surface area contributed by atoms with Gasteiger partial charge in [0.2, 0.25) is 10.0 Å². The molecule has 1 amide bonds. The molecule has 1 saturated heterocycles. The third-order valence-electron chi connectivity index (χ3n) is 4.00. The zero-order valence-corrected chi connectivity index (χ0v) is 14.6. The molecule has 23 heavy (non-hydrogen) atoms. The highest BCUT2D eigenvalue weighted by Crippen LogP contribution is 2.32. The lowest BCUT2D eigenvalue weighted by molar-refractivity contribution is 0.00914. The Kier molecular flexibility index (Phi) is 3.58. The molecule has 2 aliphatic rings. The standard InChI is InChI=1S/C14H22N4O4S/c1-10-8-17-12(9-16(10)13(19)22-14(2,3)4)11(7-15-17)18-5-6-23(18,20)21/h7,10H,5-6,8-9H2,1-4H3/t10-/m0/s1. The lowest BCUT2D eigenvalue weighted by Gasteiger charge is -2.37. The quantitative estimate of drug-likeness (QED) is 0.765. The number of carbonyl (C=O) groups is 1. The summed E-state index contributed by atoms with van der Waals surface area (Å²) < 4.78 is 32.3. The maximum Gasteiger partial charge on any atom is 0.410 e. The van der Waals surface area contributed by atoms with Crippen molar-refractivity contribution in [1.82, 2.24) is 14.7 Å². The number of fused-ring (bicyclic) bond motifs is 1. The number of anilines is 1. The first-order chi connectivity index (χ1) is 10.6. The molecule has 128 valence electrons. The number of ether oxygens (including phenoxy) is 1. The van der Waals surface area contributed by atoms with E-state index >= 15 is 0 Å². The van der Waals surface area contributed by atoms with Crippen LogP contribution in [-0.4, -0.2) is 53.1 Å². The first kappa shape index (κ1) is 16.1. The number of amides is 1. The van der Waals surface area contributed by atoms with Crippen LogP contribution in [0, 0.1) is 0 Å². The Morgan fingerprint density at radius 3 is 2.61 bits per heavy atom. The van der Waals surface area contributed by atoms with Crippen LogP contribution in [0.15, 0.2) is 6.20 Å². The molecule has 0 bridgehead atoms. The monoisotopic (exact) mass is 342 g/mol. The van der Waals surface area contributed by atoms with E-state index in [-0.39, 0.29) is 18.3 Å². The summed E-state index contributed by atoms with van der Waals surface area (Å²) in [5, 5.41) is 4.28. The second-order valence-electron chi connectivity index (χ2n) is 7.00. The van der Waals surface area contributed by atoms with Gasteiger partial charge in [0.15, 0.2) is 0 Å². The van der Waals surface area contributed by atoms with E-state index in [2.05, 4.69) is 5.10 Å². The number of nitrogens with zero attached hydrogens (tertiary/aromatic N) is 4. The Morgan fingerprint density at radius 1 is 1.39 bits per heavy atom. The predicted molar refractivity (Wildman–Crippen MR) is 84.6 cm³/mol. The Labute approximate surface area is 136 Å². The smallest absolute Gasteiger partial charge is 0.410 e. The Bertz CT molecular complexity index is 734. The molecule has 9 heteroatoms. The molecule has 0 spiro atoms. The maximum absolute atomic E-state index is 12.4. The zero-order valence-electron chi connectivity index (χ0n) is 13.8. The fourth-order valence-electron chi connectivity index (χ4n) is 2.76. The van der Waals surface area contributed by atoms with E-state index in [9.17, 15) is 13.2 Å². The van der Waals surface area contributed by atoms with Gasteiger partial charge in [0.1, 0.15) is 5.60 Å². The second-order valence-corrected chi connectivity index (χ2v) is 9.02. The minimum absolute atomic E-state index is 0.0712. The fourth-order valence-corrected chi connectivity index (χ4v) is 3.88. The van der Waals surface area contributed by atoms with Crippen molar-refractivity contribution in [3.8, 4) is 0 Å². The molecule has 1 aromatic rings. The molecule has 0 aromatic carbocycles. The summed E-state index contributed by atoms with van der Waals surface area (Å²) in [5.74, 6) is 0.157. The molecule has 3 rings (SSSR count). The molecular weight excluding hydrogens is 320 g/mol. The summed E-state index contributed by atoms with van der Waals surface area (Å²) in [6.07, 6.45) is 1.17. The Hall–Kier alpha value is -1.77. The fraction of sp³-hybridized carbons (Fsp3) is 0.714. The zero-order chi connectivity index (χ0) is 17.0. The Morgan fingerprint density at radius 2 is 2.09 bits per heavy atom. The van der Waals surface area contributed by atoms with Crippen LogP contribution in [0.2, 0.25) is 0 Å². The van der Waals surface area contributed by atoms with Gasteiger partial charge in [-0.15, -0.1) is 0 Å². The number of carbonyl (C=O) groups excluding carboxylic acids is 1. The molecular formula is C14H22N4O4S. The number of sulfonamides is 1. The molecule has 0 unspecified atom stereocenters. The molecule has 1 aromatic heterocycles. The van der Waals surface area contributed by atoms with E-state index in [1.54, 1.807) is 15.8 Å². The van der Waals surface area contributed by atoms with E-state index < -0.39 is 21.7 Å². The summed E-state index contributed by atoms with van der Waals surface area (Å²) in [4.78, 5) is 14.0. The van der Waals surface area contributed by atoms with Gasteiger partial charge in [0.25, 0.3) is 0 Å². The summed E-state index contributed by atoms with van der Waals surface area (Å²) in [7, 11) is -3.21. The molecule has 0 radical (unpaired) electrons. The highest BCUT2D eigenvalue weighted by Gasteiger charge is 2.39. The number of hydrogen-bond donors (Lipinski definition) is 0. The van der Waals surface area contributed by atoms with Crippen molar-refractivity contribution < 1.29 is 17.9 Å². The van der Waals surface area contributed by atoms with Gasteiger partial charge in [-0.05, 0) is 27.7 Å². The summed E-state index contributed by atoms with van der Waals surface area (Å²) >= 11 is 0. The van der Waals surface area contributed by atoms with Gasteiger partial charge in [0.05, 0.1) is 49.0 Å². The highest BCUT2D eigenvalue weighted by molar-refractivity contribution is 7.94. The van der Waals surface area contributed by atoms with Crippen molar-refractivity contribution in [1.29, 1.82) is 0 Å². The van der Waals surface area contributed by atoms with Crippen molar-refractivity contribution in [3.05, 3.63) is 11.9 Å². The van der Waals surface area contributed by atoms with Gasteiger partial charge in [0, 0.05) is 0 Å². The van der Waals surface area contributed by atoms with Crippen LogP contribution in [-0.2, 0) is 27.8 Å². The van der Waals surface area contributed by atoms with Gasteiger partial charge in [-0.1, -0.05) is 0 Å². The summed E-state index contributed by atoms with van der Waals surface area (Å²) in [5.41, 5.74) is 0.729. The lowest BCUT2D eigenvalue weighted by atomic mass is 10.2. The van der Waals surface area contributed by atoms with Gasteiger partial charge < -0.3 is 4.74 Å². The molecule has 3 heterocycles. The molecule has 2 aliphatic heterocycles. The van der Waals surface area contributed by atoms with E-state index in [1.165, 1.54) is 4.31 Å². The second kappa shape index (κ2) is 5.12. The average Bonchev–Trinajstić information content (AvgIpc) is 2.77. The molecule has 0 saturated carbocycles. The molecule has 0 aliphatic carbocycles. The third-order valence-corrected chi connectivity index (χ3v) is 5.75. The first-order valence-corrected chi connectivity index (χ1v) is 9.24. The van der Waals surface area contributed by atoms with Crippen LogP contribution in [0.4, 0.5) is 10.5 Å². The molecule has 1 fully saturated rings. The van der Waals surface area contributed by atoms with Gasteiger partial charge in [-0.2, -0.15) is 5.10 Å². The van der Waals surface area contributed by atoms with Crippen molar-refractivity contribution in [3.63, 3.8) is 0 Å². The van der Waals surface area contributed by atoms with Crippen molar-refractivity contribution in [2.45, 2.75) is 52.4 Å². The summed E-state index contributed by atoms with van der Waals surface area (Å²) in [6.45, 7) is 8.66. The van der Waals surface area contributed by atoms with Crippen molar-refractivity contribution >= 4 is 21.8 Å². The molecule has 0 N–H and O–H groups in total. The van der Waals surface area contributed by atoms with Crippen LogP contribution >= 0.6 is 0 Å².